The Kier molecular flexibility index (Phi) is 7.70. The van der Waals surface area contributed by atoms with Crippen molar-refractivity contribution in [1.29, 1.82) is 0 Å². The van der Waals surface area contributed by atoms with Crippen molar-refractivity contribution in [2.24, 2.45) is 4.99 Å². The zero-order valence-corrected chi connectivity index (χ0v) is 18.4. The second kappa shape index (κ2) is 10.4. The Labute approximate surface area is 179 Å². The summed E-state index contributed by atoms with van der Waals surface area (Å²) in [5, 5.41) is 6.54. The molecule has 8 heteroatoms. The van der Waals surface area contributed by atoms with E-state index in [1.165, 1.54) is 0 Å². The van der Waals surface area contributed by atoms with Gasteiger partial charge in [-0.1, -0.05) is 30.3 Å². The Morgan fingerprint density at radius 2 is 1.70 bits per heavy atom. The topological polar surface area (TPSA) is 83.0 Å². The third-order valence-electron chi connectivity index (χ3n) is 5.03. The summed E-state index contributed by atoms with van der Waals surface area (Å²) in [6, 6.07) is 14.9. The van der Waals surface area contributed by atoms with Crippen LogP contribution >= 0.6 is 0 Å². The van der Waals surface area contributed by atoms with Gasteiger partial charge in [-0.05, 0) is 43.5 Å². The summed E-state index contributed by atoms with van der Waals surface area (Å²) < 4.78 is 32.5. The van der Waals surface area contributed by atoms with Crippen molar-refractivity contribution >= 4 is 16.0 Å². The Balaban J connectivity index is 1.55. The van der Waals surface area contributed by atoms with Gasteiger partial charge in [0.15, 0.2) is 5.96 Å². The molecule has 1 aliphatic heterocycles. The maximum atomic E-state index is 12.6. The zero-order chi connectivity index (χ0) is 21.4. The lowest BCUT2D eigenvalue weighted by atomic mass is 10.2. The quantitative estimate of drug-likeness (QED) is 0.497. The monoisotopic (exact) mass is 430 g/mol. The number of para-hydroxylation sites is 1. The molecule has 0 unspecified atom stereocenters. The van der Waals surface area contributed by atoms with Gasteiger partial charge in [0.2, 0.25) is 10.0 Å². The molecule has 2 aromatic carbocycles. The average Bonchev–Trinajstić information content (AvgIpc) is 3.31. The van der Waals surface area contributed by atoms with Gasteiger partial charge in [0, 0.05) is 38.8 Å². The summed E-state index contributed by atoms with van der Waals surface area (Å²) >= 11 is 0. The summed E-state index contributed by atoms with van der Waals surface area (Å²) in [7, 11) is -1.66. The van der Waals surface area contributed by atoms with Crippen LogP contribution in [-0.2, 0) is 23.1 Å². The lowest BCUT2D eigenvalue weighted by molar-refractivity contribution is 0.336. The third-order valence-corrected chi connectivity index (χ3v) is 6.94. The number of aliphatic imine (C=N–C) groups is 1. The van der Waals surface area contributed by atoms with E-state index >= 15 is 0 Å². The molecule has 1 heterocycles. The number of hydrogen-bond donors (Lipinski definition) is 2. The van der Waals surface area contributed by atoms with Crippen LogP contribution in [0.1, 0.15) is 30.9 Å². The molecule has 162 valence electrons. The number of guanidine groups is 1. The van der Waals surface area contributed by atoms with E-state index in [4.69, 9.17) is 4.74 Å². The third kappa shape index (κ3) is 5.52. The number of ether oxygens (including phenoxy) is 1. The van der Waals surface area contributed by atoms with Crippen molar-refractivity contribution in [2.45, 2.75) is 37.8 Å². The van der Waals surface area contributed by atoms with Crippen LogP contribution in [-0.4, -0.2) is 45.4 Å². The number of nitrogens with zero attached hydrogens (tertiary/aromatic N) is 2. The van der Waals surface area contributed by atoms with E-state index in [9.17, 15) is 8.42 Å². The summed E-state index contributed by atoms with van der Waals surface area (Å²) in [4.78, 5) is 4.60. The first-order chi connectivity index (χ1) is 14.5. The van der Waals surface area contributed by atoms with Crippen LogP contribution < -0.4 is 15.4 Å². The Hall–Kier alpha value is -2.58. The van der Waals surface area contributed by atoms with Crippen molar-refractivity contribution in [3.63, 3.8) is 0 Å². The molecule has 0 spiro atoms. The first kappa shape index (κ1) is 22.1. The van der Waals surface area contributed by atoms with E-state index in [0.717, 1.165) is 29.7 Å². The first-order valence-corrected chi connectivity index (χ1v) is 11.7. The molecule has 3 rings (SSSR count). The van der Waals surface area contributed by atoms with Gasteiger partial charge in [-0.25, -0.2) is 8.42 Å². The highest BCUT2D eigenvalue weighted by Crippen LogP contribution is 2.21. The molecule has 0 aromatic heterocycles. The minimum atomic E-state index is -3.37. The standard InChI is InChI=1S/C22H30N4O3S/c1-3-29-21-9-5-4-8-19(21)17-25-22(23-2)24-16-18-10-12-20(13-11-18)30(27,28)26-14-6-7-15-26/h4-5,8-13H,3,6-7,14-17H2,1-2H3,(H2,23,24,25). The van der Waals surface area contributed by atoms with E-state index in [0.29, 0.717) is 43.6 Å². The lowest BCUT2D eigenvalue weighted by Gasteiger charge is -2.16. The fraction of sp³-hybridized carbons (Fsp3) is 0.409. The average molecular weight is 431 g/mol. The molecule has 30 heavy (non-hydrogen) atoms. The summed E-state index contributed by atoms with van der Waals surface area (Å²) in [6.07, 6.45) is 1.87. The van der Waals surface area contributed by atoms with Crippen molar-refractivity contribution in [3.05, 3.63) is 59.7 Å². The summed E-state index contributed by atoms with van der Waals surface area (Å²) in [5.41, 5.74) is 2.03. The molecule has 7 nitrogen and oxygen atoms in total. The Morgan fingerprint density at radius 1 is 1.03 bits per heavy atom. The molecule has 0 aliphatic carbocycles. The first-order valence-electron chi connectivity index (χ1n) is 10.3. The fourth-order valence-electron chi connectivity index (χ4n) is 3.39. The molecule has 0 saturated carbocycles. The van der Waals surface area contributed by atoms with Crippen LogP contribution in [0.15, 0.2) is 58.4 Å². The molecule has 1 fully saturated rings. The number of hydrogen-bond acceptors (Lipinski definition) is 4. The molecular weight excluding hydrogens is 400 g/mol. The number of benzene rings is 2. The highest BCUT2D eigenvalue weighted by atomic mass is 32.2. The molecule has 0 amide bonds. The van der Waals surface area contributed by atoms with Crippen LogP contribution in [0.5, 0.6) is 5.75 Å². The van der Waals surface area contributed by atoms with Crippen LogP contribution in [0.4, 0.5) is 0 Å². The minimum absolute atomic E-state index is 0.350. The molecule has 0 radical (unpaired) electrons. The van der Waals surface area contributed by atoms with Crippen molar-refractivity contribution in [3.8, 4) is 5.75 Å². The van der Waals surface area contributed by atoms with Crippen molar-refractivity contribution < 1.29 is 13.2 Å². The maximum absolute atomic E-state index is 12.6. The predicted molar refractivity (Wildman–Crippen MR) is 119 cm³/mol. The SMILES string of the molecule is CCOc1ccccc1CNC(=NC)NCc1ccc(S(=O)(=O)N2CCCC2)cc1. The van der Waals surface area contributed by atoms with Gasteiger partial charge in [-0.3, -0.25) is 4.99 Å². The molecule has 0 bridgehead atoms. The van der Waals surface area contributed by atoms with Crippen LogP contribution in [0.2, 0.25) is 0 Å². The smallest absolute Gasteiger partial charge is 0.243 e. The van der Waals surface area contributed by atoms with Gasteiger partial charge in [-0.15, -0.1) is 0 Å². The molecule has 2 aromatic rings. The van der Waals surface area contributed by atoms with Gasteiger partial charge in [0.05, 0.1) is 11.5 Å². The molecule has 1 saturated heterocycles. The van der Waals surface area contributed by atoms with Gasteiger partial charge < -0.3 is 15.4 Å². The second-order valence-electron chi connectivity index (χ2n) is 7.08. The Bertz CT molecular complexity index is 953. The van der Waals surface area contributed by atoms with Gasteiger partial charge in [0.25, 0.3) is 0 Å². The number of nitrogens with one attached hydrogen (secondary N) is 2. The van der Waals surface area contributed by atoms with E-state index in [1.807, 2.05) is 43.3 Å². The highest BCUT2D eigenvalue weighted by Gasteiger charge is 2.26. The van der Waals surface area contributed by atoms with E-state index < -0.39 is 10.0 Å². The second-order valence-corrected chi connectivity index (χ2v) is 9.01. The van der Waals surface area contributed by atoms with Crippen molar-refractivity contribution in [2.75, 3.05) is 26.7 Å². The van der Waals surface area contributed by atoms with Crippen LogP contribution in [0.25, 0.3) is 0 Å². The molecule has 2 N–H and O–H groups in total. The highest BCUT2D eigenvalue weighted by molar-refractivity contribution is 7.89. The van der Waals surface area contributed by atoms with E-state index in [2.05, 4.69) is 15.6 Å². The van der Waals surface area contributed by atoms with Gasteiger partial charge in [0.1, 0.15) is 5.75 Å². The summed E-state index contributed by atoms with van der Waals surface area (Å²) in [5.74, 6) is 1.52. The lowest BCUT2D eigenvalue weighted by Crippen LogP contribution is -2.36. The minimum Gasteiger partial charge on any atom is -0.494 e. The van der Waals surface area contributed by atoms with Gasteiger partial charge in [-0.2, -0.15) is 4.31 Å². The largest absolute Gasteiger partial charge is 0.494 e. The molecular formula is C22H30N4O3S. The summed E-state index contributed by atoms with van der Waals surface area (Å²) in [6.45, 7) is 4.93. The predicted octanol–water partition coefficient (Wildman–Crippen LogP) is 2.74. The molecule has 1 aliphatic rings. The maximum Gasteiger partial charge on any atom is 0.243 e. The van der Waals surface area contributed by atoms with Crippen LogP contribution in [0, 0.1) is 0 Å². The molecule has 0 atom stereocenters. The fourth-order valence-corrected chi connectivity index (χ4v) is 4.91. The van der Waals surface area contributed by atoms with Crippen LogP contribution in [0.3, 0.4) is 0 Å². The van der Waals surface area contributed by atoms with E-state index in [-0.39, 0.29) is 0 Å². The number of rotatable bonds is 8. The van der Waals surface area contributed by atoms with E-state index in [1.54, 1.807) is 23.5 Å². The van der Waals surface area contributed by atoms with Crippen molar-refractivity contribution in [1.82, 2.24) is 14.9 Å². The Morgan fingerprint density at radius 3 is 2.37 bits per heavy atom. The van der Waals surface area contributed by atoms with Gasteiger partial charge >= 0.3 is 0 Å². The zero-order valence-electron chi connectivity index (χ0n) is 17.6. The number of sulfonamides is 1. The normalized spacial score (nSPS) is 15.2.